The van der Waals surface area contributed by atoms with Crippen LogP contribution in [0.1, 0.15) is 19.8 Å². The van der Waals surface area contributed by atoms with Gasteiger partial charge in [-0.05, 0) is 52.7 Å². The van der Waals surface area contributed by atoms with Crippen LogP contribution in [-0.2, 0) is 9.59 Å². The molecule has 5 nitrogen and oxygen atoms in total. The van der Waals surface area contributed by atoms with Gasteiger partial charge in [-0.25, -0.2) is 0 Å². The van der Waals surface area contributed by atoms with E-state index in [4.69, 9.17) is 4.74 Å². The van der Waals surface area contributed by atoms with Crippen molar-refractivity contribution in [1.82, 2.24) is 0 Å². The van der Waals surface area contributed by atoms with Crippen LogP contribution in [0.4, 0.5) is 11.4 Å². The highest BCUT2D eigenvalue weighted by atomic mass is 79.9. The van der Waals surface area contributed by atoms with Gasteiger partial charge in [0.25, 0.3) is 0 Å². The van der Waals surface area contributed by atoms with Crippen LogP contribution in [0.15, 0.2) is 53.0 Å². The molecule has 0 saturated heterocycles. The Bertz CT molecular complexity index is 719. The Kier molecular flexibility index (Phi) is 6.81. The number of hydrogen-bond donors (Lipinski definition) is 2. The number of ether oxygens (including phenoxy) is 1. The van der Waals surface area contributed by atoms with Crippen molar-refractivity contribution in [3.8, 4) is 5.75 Å². The number of para-hydroxylation sites is 1. The zero-order valence-corrected chi connectivity index (χ0v) is 14.9. The Hall–Kier alpha value is -2.34. The first-order valence-electron chi connectivity index (χ1n) is 7.59. The van der Waals surface area contributed by atoms with Crippen LogP contribution in [0.3, 0.4) is 0 Å². The summed E-state index contributed by atoms with van der Waals surface area (Å²) in [5, 5.41) is 5.49. The molecular formula is C18H19BrN2O3. The molecule has 0 unspecified atom stereocenters. The molecular weight excluding hydrogens is 372 g/mol. The second-order valence-corrected chi connectivity index (χ2v) is 6.05. The molecule has 0 aliphatic carbocycles. The predicted molar refractivity (Wildman–Crippen MR) is 98.2 cm³/mol. The number of hydrogen-bond acceptors (Lipinski definition) is 3. The smallest absolute Gasteiger partial charge is 0.224 e. The summed E-state index contributed by atoms with van der Waals surface area (Å²) in [6, 6.07) is 14.6. The summed E-state index contributed by atoms with van der Waals surface area (Å²) in [6.07, 6.45) is 0.966. The van der Waals surface area contributed by atoms with Crippen LogP contribution in [0, 0.1) is 0 Å². The predicted octanol–water partition coefficient (Wildman–Crippen LogP) is 4.21. The van der Waals surface area contributed by atoms with Gasteiger partial charge in [0.05, 0.1) is 11.1 Å². The van der Waals surface area contributed by atoms with Gasteiger partial charge >= 0.3 is 0 Å². The van der Waals surface area contributed by atoms with Crippen LogP contribution in [0.25, 0.3) is 0 Å². The summed E-state index contributed by atoms with van der Waals surface area (Å²) in [7, 11) is 0. The number of benzene rings is 2. The van der Waals surface area contributed by atoms with Crippen molar-refractivity contribution < 1.29 is 14.3 Å². The van der Waals surface area contributed by atoms with Gasteiger partial charge in [0.2, 0.25) is 11.8 Å². The quantitative estimate of drug-likeness (QED) is 0.695. The minimum absolute atomic E-state index is 0.0919. The molecule has 0 fully saturated rings. The van der Waals surface area contributed by atoms with E-state index in [9.17, 15) is 9.59 Å². The Morgan fingerprint density at radius 1 is 1.04 bits per heavy atom. The SMILES string of the molecule is CC(=O)Nc1cccc(NC(=O)CCCOc2ccccc2Br)c1. The van der Waals surface area contributed by atoms with Gasteiger partial charge in [-0.2, -0.15) is 0 Å². The van der Waals surface area contributed by atoms with Crippen LogP contribution in [0.5, 0.6) is 5.75 Å². The fourth-order valence-corrected chi connectivity index (χ4v) is 2.48. The minimum atomic E-state index is -0.150. The van der Waals surface area contributed by atoms with Gasteiger partial charge in [0.1, 0.15) is 5.75 Å². The first kappa shape index (κ1) is 18.0. The first-order chi connectivity index (χ1) is 11.5. The molecule has 0 saturated carbocycles. The monoisotopic (exact) mass is 390 g/mol. The van der Waals surface area contributed by atoms with E-state index in [1.165, 1.54) is 6.92 Å². The van der Waals surface area contributed by atoms with Crippen LogP contribution in [-0.4, -0.2) is 18.4 Å². The molecule has 6 heteroatoms. The van der Waals surface area contributed by atoms with Gasteiger partial charge in [-0.3, -0.25) is 9.59 Å². The standard InChI is InChI=1S/C18H19BrN2O3/c1-13(22)20-14-6-4-7-15(12-14)21-18(23)10-5-11-24-17-9-3-2-8-16(17)19/h2-4,6-9,12H,5,10-11H2,1H3,(H,20,22)(H,21,23). The molecule has 0 spiro atoms. The summed E-state index contributed by atoms with van der Waals surface area (Å²) >= 11 is 3.41. The van der Waals surface area contributed by atoms with E-state index in [0.717, 1.165) is 10.2 Å². The maximum absolute atomic E-state index is 12.0. The third kappa shape index (κ3) is 6.04. The van der Waals surface area contributed by atoms with E-state index in [1.54, 1.807) is 24.3 Å². The molecule has 2 N–H and O–H groups in total. The van der Waals surface area contributed by atoms with E-state index in [2.05, 4.69) is 26.6 Å². The summed E-state index contributed by atoms with van der Waals surface area (Å²) < 4.78 is 6.52. The normalized spacial score (nSPS) is 10.1. The molecule has 126 valence electrons. The molecule has 2 aromatic rings. The van der Waals surface area contributed by atoms with E-state index in [-0.39, 0.29) is 11.8 Å². The van der Waals surface area contributed by atoms with Crippen LogP contribution >= 0.6 is 15.9 Å². The van der Waals surface area contributed by atoms with Gasteiger partial charge < -0.3 is 15.4 Å². The number of carbonyl (C=O) groups is 2. The maximum atomic E-state index is 12.0. The molecule has 0 atom stereocenters. The number of nitrogens with one attached hydrogen (secondary N) is 2. The molecule has 24 heavy (non-hydrogen) atoms. The molecule has 0 aliphatic heterocycles. The highest BCUT2D eigenvalue weighted by Gasteiger charge is 2.05. The second kappa shape index (κ2) is 9.08. The van der Waals surface area contributed by atoms with Crippen LogP contribution in [0.2, 0.25) is 0 Å². The summed E-state index contributed by atoms with van der Waals surface area (Å²) in [5.41, 5.74) is 1.30. The van der Waals surface area contributed by atoms with Crippen molar-refractivity contribution in [1.29, 1.82) is 0 Å². The fraction of sp³-hybridized carbons (Fsp3) is 0.222. The van der Waals surface area contributed by atoms with Crippen molar-refractivity contribution in [3.63, 3.8) is 0 Å². The average molecular weight is 391 g/mol. The lowest BCUT2D eigenvalue weighted by Crippen LogP contribution is -2.13. The number of rotatable bonds is 7. The zero-order chi connectivity index (χ0) is 17.4. The maximum Gasteiger partial charge on any atom is 0.224 e. The summed E-state index contributed by atoms with van der Waals surface area (Å²) in [6.45, 7) is 1.90. The van der Waals surface area contributed by atoms with E-state index < -0.39 is 0 Å². The van der Waals surface area contributed by atoms with Crippen LogP contribution < -0.4 is 15.4 Å². The molecule has 0 heterocycles. The van der Waals surface area contributed by atoms with Crippen molar-refractivity contribution in [2.24, 2.45) is 0 Å². The lowest BCUT2D eigenvalue weighted by molar-refractivity contribution is -0.116. The molecule has 0 bridgehead atoms. The van der Waals surface area contributed by atoms with Gasteiger partial charge in [0.15, 0.2) is 0 Å². The average Bonchev–Trinajstić information content (AvgIpc) is 2.53. The van der Waals surface area contributed by atoms with Crippen molar-refractivity contribution >= 4 is 39.1 Å². The number of halogens is 1. The largest absolute Gasteiger partial charge is 0.492 e. The van der Waals surface area contributed by atoms with Crippen molar-refractivity contribution in [3.05, 3.63) is 53.0 Å². The molecule has 2 rings (SSSR count). The van der Waals surface area contributed by atoms with Gasteiger partial charge in [-0.1, -0.05) is 18.2 Å². The van der Waals surface area contributed by atoms with E-state index in [0.29, 0.717) is 30.8 Å². The lowest BCUT2D eigenvalue weighted by atomic mass is 10.2. The minimum Gasteiger partial charge on any atom is -0.492 e. The summed E-state index contributed by atoms with van der Waals surface area (Å²) in [4.78, 5) is 23.0. The third-order valence-corrected chi connectivity index (χ3v) is 3.76. The Balaban J connectivity index is 1.75. The molecule has 2 amide bonds. The zero-order valence-electron chi connectivity index (χ0n) is 13.3. The van der Waals surface area contributed by atoms with Gasteiger partial charge in [0, 0.05) is 24.7 Å². The highest BCUT2D eigenvalue weighted by Crippen LogP contribution is 2.23. The van der Waals surface area contributed by atoms with Crippen molar-refractivity contribution in [2.45, 2.75) is 19.8 Å². The lowest BCUT2D eigenvalue weighted by Gasteiger charge is -2.09. The molecule has 2 aromatic carbocycles. The Morgan fingerprint density at radius 2 is 1.75 bits per heavy atom. The third-order valence-electron chi connectivity index (χ3n) is 3.11. The fourth-order valence-electron chi connectivity index (χ4n) is 2.08. The van der Waals surface area contributed by atoms with E-state index in [1.807, 2.05) is 24.3 Å². The van der Waals surface area contributed by atoms with E-state index >= 15 is 0 Å². The number of carbonyl (C=O) groups excluding carboxylic acids is 2. The first-order valence-corrected chi connectivity index (χ1v) is 8.39. The second-order valence-electron chi connectivity index (χ2n) is 5.19. The highest BCUT2D eigenvalue weighted by molar-refractivity contribution is 9.10. The number of anilines is 2. The van der Waals surface area contributed by atoms with Gasteiger partial charge in [-0.15, -0.1) is 0 Å². The molecule has 0 radical (unpaired) electrons. The Morgan fingerprint density at radius 3 is 2.46 bits per heavy atom. The molecule has 0 aromatic heterocycles. The van der Waals surface area contributed by atoms with Crippen molar-refractivity contribution in [2.75, 3.05) is 17.2 Å². The molecule has 0 aliphatic rings. The number of amides is 2. The Labute approximate surface area is 149 Å². The topological polar surface area (TPSA) is 67.4 Å². The summed E-state index contributed by atoms with van der Waals surface area (Å²) in [5.74, 6) is 0.523.